The lowest BCUT2D eigenvalue weighted by Gasteiger charge is -2.27. The predicted molar refractivity (Wildman–Crippen MR) is 88.1 cm³/mol. The van der Waals surface area contributed by atoms with Crippen LogP contribution in [0, 0.1) is 10.1 Å². The van der Waals surface area contributed by atoms with Crippen molar-refractivity contribution in [1.82, 2.24) is 5.32 Å². The Kier molecular flexibility index (Phi) is 4.74. The van der Waals surface area contributed by atoms with Gasteiger partial charge in [-0.15, -0.1) is 0 Å². The van der Waals surface area contributed by atoms with Gasteiger partial charge in [0.2, 0.25) is 11.9 Å². The number of carbonyl (C=O) groups is 1. The van der Waals surface area contributed by atoms with E-state index in [1.54, 1.807) is 24.3 Å². The molecule has 6 heteroatoms. The van der Waals surface area contributed by atoms with Crippen molar-refractivity contribution in [3.63, 3.8) is 0 Å². The molecule has 1 saturated heterocycles. The number of hydrogen-bond donors (Lipinski definition) is 1. The topological polar surface area (TPSA) is 81.5 Å². The average Bonchev–Trinajstić information content (AvgIpc) is 2.61. The highest BCUT2D eigenvalue weighted by molar-refractivity contribution is 5.77. The number of hydrogen-bond acceptors (Lipinski definition) is 4. The first-order chi connectivity index (χ1) is 11.6. The van der Waals surface area contributed by atoms with Gasteiger partial charge in [-0.1, -0.05) is 42.5 Å². The molecule has 0 saturated carbocycles. The van der Waals surface area contributed by atoms with Gasteiger partial charge in [0.15, 0.2) is 0 Å². The molecule has 2 atom stereocenters. The van der Waals surface area contributed by atoms with Crippen LogP contribution < -0.4 is 10.1 Å². The largest absolute Gasteiger partial charge is 0.489 e. The third-order valence-corrected chi connectivity index (χ3v) is 4.10. The second-order valence-electron chi connectivity index (χ2n) is 5.78. The number of rotatable bonds is 5. The number of nitrogens with zero attached hydrogens (tertiary/aromatic N) is 1. The second-order valence-corrected chi connectivity index (χ2v) is 5.78. The lowest BCUT2D eigenvalue weighted by molar-refractivity contribution is -0.529. The summed E-state index contributed by atoms with van der Waals surface area (Å²) < 4.78 is 5.76. The third-order valence-electron chi connectivity index (χ3n) is 4.10. The zero-order valence-corrected chi connectivity index (χ0v) is 13.1. The monoisotopic (exact) mass is 326 g/mol. The van der Waals surface area contributed by atoms with Gasteiger partial charge in [0, 0.05) is 17.8 Å². The standard InChI is InChI=1S/C18H18N2O4/c21-17-10-9-16(20(22)23)18(19-17)14-7-4-8-15(11-14)24-12-13-5-2-1-3-6-13/h1-8,11,16,18H,9-10,12H2,(H,19,21)/t16-,18+/m0/s1. The van der Waals surface area contributed by atoms with Crippen LogP contribution in [0.1, 0.15) is 30.0 Å². The molecule has 2 aromatic rings. The first-order valence-corrected chi connectivity index (χ1v) is 7.83. The molecular formula is C18H18N2O4. The van der Waals surface area contributed by atoms with E-state index in [1.165, 1.54) is 0 Å². The summed E-state index contributed by atoms with van der Waals surface area (Å²) in [4.78, 5) is 22.6. The summed E-state index contributed by atoms with van der Waals surface area (Å²) in [5.41, 5.74) is 1.73. The van der Waals surface area contributed by atoms with Gasteiger partial charge in [-0.3, -0.25) is 14.9 Å². The number of amides is 1. The highest BCUT2D eigenvalue weighted by atomic mass is 16.6. The maximum Gasteiger partial charge on any atom is 0.237 e. The molecular weight excluding hydrogens is 308 g/mol. The minimum absolute atomic E-state index is 0.159. The smallest absolute Gasteiger partial charge is 0.237 e. The van der Waals surface area contributed by atoms with Crippen molar-refractivity contribution in [2.45, 2.75) is 31.5 Å². The van der Waals surface area contributed by atoms with Gasteiger partial charge in [0.05, 0.1) is 0 Å². The Morgan fingerprint density at radius 3 is 2.71 bits per heavy atom. The van der Waals surface area contributed by atoms with Crippen LogP contribution >= 0.6 is 0 Å². The molecule has 1 amide bonds. The van der Waals surface area contributed by atoms with E-state index in [4.69, 9.17) is 4.74 Å². The molecule has 3 rings (SSSR count). The van der Waals surface area contributed by atoms with Crippen LogP contribution in [0.15, 0.2) is 54.6 Å². The zero-order valence-electron chi connectivity index (χ0n) is 13.1. The first-order valence-electron chi connectivity index (χ1n) is 7.83. The van der Waals surface area contributed by atoms with Gasteiger partial charge in [-0.25, -0.2) is 0 Å². The predicted octanol–water partition coefficient (Wildman–Crippen LogP) is 2.86. The Bertz CT molecular complexity index is 733. The molecule has 0 unspecified atom stereocenters. The minimum Gasteiger partial charge on any atom is -0.489 e. The molecule has 24 heavy (non-hydrogen) atoms. The molecule has 124 valence electrons. The van der Waals surface area contributed by atoms with Crippen molar-refractivity contribution < 1.29 is 14.5 Å². The van der Waals surface area contributed by atoms with E-state index in [-0.39, 0.29) is 23.7 Å². The average molecular weight is 326 g/mol. The number of nitro groups is 1. The van der Waals surface area contributed by atoms with Crippen LogP contribution in [0.5, 0.6) is 5.75 Å². The molecule has 0 spiro atoms. The van der Waals surface area contributed by atoms with Gasteiger partial charge < -0.3 is 10.1 Å². The quantitative estimate of drug-likeness (QED) is 0.676. The third kappa shape index (κ3) is 3.71. The van der Waals surface area contributed by atoms with Gasteiger partial charge in [0.25, 0.3) is 0 Å². The molecule has 1 fully saturated rings. The summed E-state index contributed by atoms with van der Waals surface area (Å²) >= 11 is 0. The molecule has 1 aliphatic rings. The maximum absolute atomic E-state index is 11.6. The molecule has 6 nitrogen and oxygen atoms in total. The number of nitrogens with one attached hydrogen (secondary N) is 1. The van der Waals surface area contributed by atoms with Crippen LogP contribution in [0.25, 0.3) is 0 Å². The lowest BCUT2D eigenvalue weighted by atomic mass is 9.92. The van der Waals surface area contributed by atoms with Crippen LogP contribution in [-0.2, 0) is 11.4 Å². The number of benzene rings is 2. The van der Waals surface area contributed by atoms with Crippen molar-refractivity contribution in [2.24, 2.45) is 0 Å². The van der Waals surface area contributed by atoms with Gasteiger partial charge in [0.1, 0.15) is 18.4 Å². The Morgan fingerprint density at radius 1 is 1.17 bits per heavy atom. The summed E-state index contributed by atoms with van der Waals surface area (Å²) in [6.45, 7) is 0.417. The van der Waals surface area contributed by atoms with Crippen molar-refractivity contribution in [2.75, 3.05) is 0 Å². The summed E-state index contributed by atoms with van der Waals surface area (Å²) in [5, 5.41) is 14.0. The van der Waals surface area contributed by atoms with Crippen LogP contribution in [0.4, 0.5) is 0 Å². The van der Waals surface area contributed by atoms with Crippen molar-refractivity contribution in [3.05, 3.63) is 75.8 Å². The molecule has 1 aliphatic heterocycles. The van der Waals surface area contributed by atoms with Gasteiger partial charge >= 0.3 is 0 Å². The highest BCUT2D eigenvalue weighted by Gasteiger charge is 2.38. The number of ether oxygens (including phenoxy) is 1. The van der Waals surface area contributed by atoms with Crippen LogP contribution in [0.3, 0.4) is 0 Å². The van der Waals surface area contributed by atoms with Crippen LogP contribution in [0.2, 0.25) is 0 Å². The Morgan fingerprint density at radius 2 is 1.96 bits per heavy atom. The summed E-state index contributed by atoms with van der Waals surface area (Å²) in [6, 6.07) is 15.4. The van der Waals surface area contributed by atoms with Crippen molar-refractivity contribution in [1.29, 1.82) is 0 Å². The fourth-order valence-corrected chi connectivity index (χ4v) is 2.86. The summed E-state index contributed by atoms with van der Waals surface area (Å²) in [6.07, 6.45) is 0.435. The van der Waals surface area contributed by atoms with E-state index in [0.717, 1.165) is 5.56 Å². The lowest BCUT2D eigenvalue weighted by Crippen LogP contribution is -2.45. The van der Waals surface area contributed by atoms with Crippen molar-refractivity contribution >= 4 is 5.91 Å². The Balaban J connectivity index is 1.76. The molecule has 0 radical (unpaired) electrons. The SMILES string of the molecule is O=C1CC[C@H]([N+](=O)[O-])[C@@H](c2cccc(OCc3ccccc3)c2)N1. The molecule has 1 N–H and O–H groups in total. The zero-order chi connectivity index (χ0) is 16.9. The van der Waals surface area contributed by atoms with E-state index in [1.807, 2.05) is 30.3 Å². The van der Waals surface area contributed by atoms with Crippen molar-refractivity contribution in [3.8, 4) is 5.75 Å². The molecule has 0 bridgehead atoms. The Hall–Kier alpha value is -2.89. The molecule has 0 aromatic heterocycles. The molecule has 1 heterocycles. The fourth-order valence-electron chi connectivity index (χ4n) is 2.86. The number of carbonyl (C=O) groups excluding carboxylic acids is 1. The maximum atomic E-state index is 11.6. The van der Waals surface area contributed by atoms with Crippen LogP contribution in [-0.4, -0.2) is 16.9 Å². The summed E-state index contributed by atoms with van der Waals surface area (Å²) in [7, 11) is 0. The second kappa shape index (κ2) is 7.12. The Labute approximate surface area is 139 Å². The molecule has 0 aliphatic carbocycles. The molecule has 2 aromatic carbocycles. The van der Waals surface area contributed by atoms with E-state index >= 15 is 0 Å². The fraction of sp³-hybridized carbons (Fsp3) is 0.278. The minimum atomic E-state index is -0.813. The number of piperidine rings is 1. The van der Waals surface area contributed by atoms with E-state index in [0.29, 0.717) is 17.9 Å². The summed E-state index contributed by atoms with van der Waals surface area (Å²) in [5.74, 6) is 0.465. The highest BCUT2D eigenvalue weighted by Crippen LogP contribution is 2.28. The first kappa shape index (κ1) is 16.0. The van der Waals surface area contributed by atoms with E-state index < -0.39 is 12.1 Å². The van der Waals surface area contributed by atoms with E-state index in [9.17, 15) is 14.9 Å². The van der Waals surface area contributed by atoms with Gasteiger partial charge in [-0.05, 0) is 23.3 Å². The normalized spacial score (nSPS) is 20.2. The van der Waals surface area contributed by atoms with E-state index in [2.05, 4.69) is 5.32 Å². The van der Waals surface area contributed by atoms with Gasteiger partial charge in [-0.2, -0.15) is 0 Å².